The molecular weight excluding hydrogens is 287 g/mol. The molecule has 124 valence electrons. The second-order valence-corrected chi connectivity index (χ2v) is 9.00. The molecule has 0 unspecified atom stereocenters. The van der Waals surface area contributed by atoms with Crippen LogP contribution in [0.4, 0.5) is 0 Å². The van der Waals surface area contributed by atoms with Crippen molar-refractivity contribution in [1.29, 1.82) is 0 Å². The first-order valence-corrected chi connectivity index (χ1v) is 9.44. The van der Waals surface area contributed by atoms with Gasteiger partial charge in [0.05, 0.1) is 24.1 Å². The standard InChI is InChI=1S/C16H31O4P/c1-7-19-21(18,20-8-2)13(3)16(17)11-9-14(10-12-16)15(4,5)6/h14,17H,3,7-12H2,1-2,4-6H3. The topological polar surface area (TPSA) is 55.8 Å². The molecule has 1 rings (SSSR count). The minimum atomic E-state index is -3.45. The summed E-state index contributed by atoms with van der Waals surface area (Å²) >= 11 is 0. The van der Waals surface area contributed by atoms with Crippen molar-refractivity contribution in [2.45, 2.75) is 65.9 Å². The van der Waals surface area contributed by atoms with Gasteiger partial charge in [-0.05, 0) is 50.9 Å². The largest absolute Gasteiger partial charge is 0.385 e. The molecule has 0 aromatic carbocycles. The van der Waals surface area contributed by atoms with Gasteiger partial charge in [0.2, 0.25) is 0 Å². The fourth-order valence-electron chi connectivity index (χ4n) is 3.04. The van der Waals surface area contributed by atoms with Gasteiger partial charge < -0.3 is 14.2 Å². The van der Waals surface area contributed by atoms with Crippen LogP contribution in [0.3, 0.4) is 0 Å². The number of aliphatic hydroxyl groups is 1. The lowest BCUT2D eigenvalue weighted by molar-refractivity contribution is 0.00705. The molecule has 0 atom stereocenters. The molecule has 0 spiro atoms. The van der Waals surface area contributed by atoms with E-state index in [1.54, 1.807) is 13.8 Å². The number of hydrogen-bond donors (Lipinski definition) is 1. The van der Waals surface area contributed by atoms with Crippen LogP contribution < -0.4 is 0 Å². The Morgan fingerprint density at radius 3 is 2.00 bits per heavy atom. The van der Waals surface area contributed by atoms with Gasteiger partial charge in [0.25, 0.3) is 0 Å². The van der Waals surface area contributed by atoms with Crippen molar-refractivity contribution in [2.24, 2.45) is 11.3 Å². The second kappa shape index (κ2) is 6.95. The first-order valence-electron chi connectivity index (χ1n) is 7.90. The van der Waals surface area contributed by atoms with Crippen LogP contribution in [-0.2, 0) is 13.6 Å². The van der Waals surface area contributed by atoms with Crippen molar-refractivity contribution in [3.8, 4) is 0 Å². The van der Waals surface area contributed by atoms with Crippen LogP contribution in [0.1, 0.15) is 60.3 Å². The molecule has 1 N–H and O–H groups in total. The zero-order chi connectivity index (χ0) is 16.3. The summed E-state index contributed by atoms with van der Waals surface area (Å²) in [5, 5.41) is 11.1. The smallest absolute Gasteiger partial charge is 0.359 e. The third-order valence-corrected chi connectivity index (χ3v) is 6.78. The molecule has 0 aromatic rings. The lowest BCUT2D eigenvalue weighted by Crippen LogP contribution is -2.39. The molecule has 0 aliphatic heterocycles. The van der Waals surface area contributed by atoms with E-state index in [1.807, 2.05) is 0 Å². The Bertz CT molecular complexity index is 393. The molecule has 1 aliphatic rings. The third kappa shape index (κ3) is 4.41. The Kier molecular flexibility index (Phi) is 6.26. The van der Waals surface area contributed by atoms with Crippen LogP contribution in [0.25, 0.3) is 0 Å². The highest BCUT2D eigenvalue weighted by atomic mass is 31.2. The molecule has 1 saturated carbocycles. The van der Waals surface area contributed by atoms with Crippen LogP contribution in [0.15, 0.2) is 11.9 Å². The minimum Gasteiger partial charge on any atom is -0.385 e. The van der Waals surface area contributed by atoms with Gasteiger partial charge in [0, 0.05) is 0 Å². The Balaban J connectivity index is 2.85. The Labute approximate surface area is 129 Å². The molecule has 0 bridgehead atoms. The van der Waals surface area contributed by atoms with E-state index in [1.165, 1.54) is 0 Å². The van der Waals surface area contributed by atoms with Crippen LogP contribution in [-0.4, -0.2) is 23.9 Å². The Morgan fingerprint density at radius 1 is 1.24 bits per heavy atom. The van der Waals surface area contributed by atoms with E-state index in [-0.39, 0.29) is 23.9 Å². The maximum atomic E-state index is 12.8. The highest BCUT2D eigenvalue weighted by Gasteiger charge is 2.46. The Hall–Kier alpha value is -0.150. The summed E-state index contributed by atoms with van der Waals surface area (Å²) in [7, 11) is -3.45. The quantitative estimate of drug-likeness (QED) is 0.719. The molecule has 0 aromatic heterocycles. The SMILES string of the molecule is C=C(C1(O)CCC(C(C)(C)C)CC1)P(=O)(OCC)OCC. The summed E-state index contributed by atoms with van der Waals surface area (Å²) in [6.45, 7) is 14.6. The van der Waals surface area contributed by atoms with Crippen molar-refractivity contribution in [1.82, 2.24) is 0 Å². The van der Waals surface area contributed by atoms with Gasteiger partial charge in [-0.15, -0.1) is 0 Å². The van der Waals surface area contributed by atoms with Crippen molar-refractivity contribution in [3.63, 3.8) is 0 Å². The molecule has 1 fully saturated rings. The van der Waals surface area contributed by atoms with Crippen molar-refractivity contribution >= 4 is 7.60 Å². The van der Waals surface area contributed by atoms with Crippen molar-refractivity contribution in [2.75, 3.05) is 13.2 Å². The molecule has 0 amide bonds. The van der Waals surface area contributed by atoms with Crippen molar-refractivity contribution in [3.05, 3.63) is 11.9 Å². The summed E-state index contributed by atoms with van der Waals surface area (Å²) in [4.78, 5) is 0. The summed E-state index contributed by atoms with van der Waals surface area (Å²) in [6, 6.07) is 0. The highest BCUT2D eigenvalue weighted by Crippen LogP contribution is 2.61. The zero-order valence-electron chi connectivity index (χ0n) is 14.1. The zero-order valence-corrected chi connectivity index (χ0v) is 15.0. The summed E-state index contributed by atoms with van der Waals surface area (Å²) in [5.41, 5.74) is -0.909. The predicted molar refractivity (Wildman–Crippen MR) is 86.4 cm³/mol. The molecule has 5 heteroatoms. The van der Waals surface area contributed by atoms with Gasteiger partial charge in [-0.1, -0.05) is 27.4 Å². The molecule has 0 saturated heterocycles. The van der Waals surface area contributed by atoms with E-state index in [4.69, 9.17) is 9.05 Å². The minimum absolute atomic E-state index is 0.228. The average Bonchev–Trinajstić information content (AvgIpc) is 2.38. The average molecular weight is 318 g/mol. The summed E-state index contributed by atoms with van der Waals surface area (Å²) in [6.07, 6.45) is 2.93. The fourth-order valence-corrected chi connectivity index (χ4v) is 4.84. The van der Waals surface area contributed by atoms with Crippen LogP contribution in [0, 0.1) is 11.3 Å². The number of rotatable bonds is 6. The van der Waals surface area contributed by atoms with Crippen LogP contribution in [0.2, 0.25) is 0 Å². The maximum absolute atomic E-state index is 12.8. The lowest BCUT2D eigenvalue weighted by atomic mass is 9.68. The lowest BCUT2D eigenvalue weighted by Gasteiger charge is -2.42. The van der Waals surface area contributed by atoms with Gasteiger partial charge in [-0.25, -0.2) is 0 Å². The fraction of sp³-hybridized carbons (Fsp3) is 0.875. The second-order valence-electron chi connectivity index (χ2n) is 6.95. The summed E-state index contributed by atoms with van der Waals surface area (Å²) in [5.74, 6) is 0.559. The van der Waals surface area contributed by atoms with Crippen molar-refractivity contribution < 1.29 is 18.7 Å². The maximum Gasteiger partial charge on any atom is 0.359 e. The molecular formula is C16H31O4P. The van der Waals surface area contributed by atoms with Gasteiger partial charge in [-0.2, -0.15) is 0 Å². The third-order valence-electron chi connectivity index (χ3n) is 4.50. The molecule has 0 radical (unpaired) electrons. The summed E-state index contributed by atoms with van der Waals surface area (Å²) < 4.78 is 23.4. The first kappa shape index (κ1) is 18.9. The van der Waals surface area contributed by atoms with Gasteiger partial charge in [-0.3, -0.25) is 4.57 Å². The number of hydrogen-bond acceptors (Lipinski definition) is 4. The molecule has 0 heterocycles. The van der Waals surface area contributed by atoms with E-state index in [2.05, 4.69) is 27.4 Å². The highest BCUT2D eigenvalue weighted by molar-refractivity contribution is 7.58. The van der Waals surface area contributed by atoms with E-state index >= 15 is 0 Å². The van der Waals surface area contributed by atoms with E-state index in [0.717, 1.165) is 12.8 Å². The molecule has 21 heavy (non-hydrogen) atoms. The first-order chi connectivity index (χ1) is 9.59. The van der Waals surface area contributed by atoms with Gasteiger partial charge in [0.15, 0.2) is 0 Å². The van der Waals surface area contributed by atoms with Gasteiger partial charge >= 0.3 is 7.60 Å². The molecule has 4 nitrogen and oxygen atoms in total. The monoisotopic (exact) mass is 318 g/mol. The van der Waals surface area contributed by atoms with Crippen LogP contribution in [0.5, 0.6) is 0 Å². The van der Waals surface area contributed by atoms with E-state index in [9.17, 15) is 9.67 Å². The Morgan fingerprint density at radius 2 is 1.67 bits per heavy atom. The van der Waals surface area contributed by atoms with E-state index in [0.29, 0.717) is 18.8 Å². The molecule has 1 aliphatic carbocycles. The van der Waals surface area contributed by atoms with E-state index < -0.39 is 13.2 Å². The predicted octanol–water partition coefficient (Wildman–Crippen LogP) is 4.73. The van der Waals surface area contributed by atoms with Gasteiger partial charge in [0.1, 0.15) is 0 Å². The normalized spacial score (nSPS) is 27.6. The van der Waals surface area contributed by atoms with Crippen LogP contribution >= 0.6 is 7.60 Å².